The van der Waals surface area contributed by atoms with Crippen molar-refractivity contribution in [1.82, 2.24) is 19.1 Å². The summed E-state index contributed by atoms with van der Waals surface area (Å²) in [6, 6.07) is 3.40. The first kappa shape index (κ1) is 19.4. The summed E-state index contributed by atoms with van der Waals surface area (Å²) in [5, 5.41) is 4.07. The van der Waals surface area contributed by atoms with E-state index in [1.165, 1.54) is 7.11 Å². The summed E-state index contributed by atoms with van der Waals surface area (Å²) >= 11 is 6.23. The molecule has 0 aromatic carbocycles. The molecule has 29 heavy (non-hydrogen) atoms. The van der Waals surface area contributed by atoms with Crippen LogP contribution in [0.15, 0.2) is 23.1 Å². The number of nitrogens with one attached hydrogen (secondary N) is 1. The Balaban J connectivity index is 1.81. The highest BCUT2D eigenvalue weighted by Crippen LogP contribution is 2.32. The van der Waals surface area contributed by atoms with Crippen LogP contribution in [0.1, 0.15) is 47.9 Å². The second-order valence-electron chi connectivity index (χ2n) is 7.32. The molecule has 3 heterocycles. The van der Waals surface area contributed by atoms with Crippen LogP contribution in [0, 0.1) is 6.92 Å². The highest BCUT2D eigenvalue weighted by molar-refractivity contribution is 6.31. The molecule has 0 atom stereocenters. The number of aryl methyl sites for hydroxylation is 2. The molecule has 0 radical (unpaired) electrons. The van der Waals surface area contributed by atoms with Crippen molar-refractivity contribution in [2.24, 2.45) is 7.05 Å². The van der Waals surface area contributed by atoms with Crippen LogP contribution in [0.2, 0.25) is 5.02 Å². The van der Waals surface area contributed by atoms with E-state index in [4.69, 9.17) is 16.3 Å². The summed E-state index contributed by atoms with van der Waals surface area (Å²) in [7, 11) is 3.09. The van der Waals surface area contributed by atoms with E-state index in [0.29, 0.717) is 23.0 Å². The fourth-order valence-electron chi connectivity index (χ4n) is 3.95. The number of anilines is 2. The SMILES string of the molecule is COC(=O)c1cc(Nc2nc(C)c3cc(Cl)c(=O)n(C4CCCC4)c3n2)cn1C. The minimum absolute atomic E-state index is 0.0912. The number of aromatic nitrogens is 4. The quantitative estimate of drug-likeness (QED) is 0.653. The number of fused-ring (bicyclic) bond motifs is 1. The molecule has 1 aliphatic carbocycles. The lowest BCUT2D eigenvalue weighted by Gasteiger charge is -2.18. The summed E-state index contributed by atoms with van der Waals surface area (Å²) < 4.78 is 8.17. The zero-order valence-corrected chi connectivity index (χ0v) is 17.3. The molecule has 1 N–H and O–H groups in total. The first-order valence-corrected chi connectivity index (χ1v) is 9.88. The molecule has 3 aromatic rings. The van der Waals surface area contributed by atoms with Crippen LogP contribution in [-0.4, -0.2) is 32.2 Å². The third kappa shape index (κ3) is 3.48. The summed E-state index contributed by atoms with van der Waals surface area (Å²) in [6.45, 7) is 1.86. The number of hydrogen-bond donors (Lipinski definition) is 1. The lowest BCUT2D eigenvalue weighted by molar-refractivity contribution is 0.0590. The first-order chi connectivity index (χ1) is 13.9. The summed E-state index contributed by atoms with van der Waals surface area (Å²) in [5.41, 5.74) is 2.13. The number of halogens is 1. The lowest BCUT2D eigenvalue weighted by atomic mass is 10.2. The number of ether oxygens (including phenoxy) is 1. The van der Waals surface area contributed by atoms with E-state index in [2.05, 4.69) is 15.3 Å². The molecule has 1 saturated carbocycles. The van der Waals surface area contributed by atoms with Gasteiger partial charge in [0.1, 0.15) is 16.4 Å². The molecule has 9 heteroatoms. The van der Waals surface area contributed by atoms with Gasteiger partial charge in [-0.05, 0) is 31.9 Å². The van der Waals surface area contributed by atoms with E-state index in [1.54, 1.807) is 34.5 Å². The van der Waals surface area contributed by atoms with Crippen molar-refractivity contribution in [1.29, 1.82) is 0 Å². The molecule has 8 nitrogen and oxygen atoms in total. The maximum absolute atomic E-state index is 12.8. The molecule has 152 valence electrons. The Morgan fingerprint density at radius 1 is 1.28 bits per heavy atom. The van der Waals surface area contributed by atoms with Gasteiger partial charge in [0.15, 0.2) is 0 Å². The van der Waals surface area contributed by atoms with Crippen molar-refractivity contribution in [3.05, 3.63) is 45.1 Å². The van der Waals surface area contributed by atoms with Crippen LogP contribution in [0.4, 0.5) is 11.6 Å². The maximum atomic E-state index is 12.8. The summed E-state index contributed by atoms with van der Waals surface area (Å²) in [4.78, 5) is 33.8. The fourth-order valence-corrected chi connectivity index (χ4v) is 4.15. The maximum Gasteiger partial charge on any atom is 0.354 e. The van der Waals surface area contributed by atoms with E-state index in [0.717, 1.165) is 36.8 Å². The van der Waals surface area contributed by atoms with Gasteiger partial charge in [-0.2, -0.15) is 4.98 Å². The van der Waals surface area contributed by atoms with Crippen LogP contribution < -0.4 is 10.9 Å². The number of rotatable bonds is 4. The monoisotopic (exact) mass is 415 g/mol. The average Bonchev–Trinajstić information content (AvgIpc) is 3.33. The van der Waals surface area contributed by atoms with Crippen LogP contribution in [0.3, 0.4) is 0 Å². The Kier molecular flexibility index (Phi) is 5.04. The summed E-state index contributed by atoms with van der Waals surface area (Å²) in [5.74, 6) is -0.0774. The van der Waals surface area contributed by atoms with E-state index in [1.807, 2.05) is 6.92 Å². The molecule has 0 unspecified atom stereocenters. The molecule has 4 rings (SSSR count). The topological polar surface area (TPSA) is 91.0 Å². The Morgan fingerprint density at radius 2 is 2.00 bits per heavy atom. The molecular weight excluding hydrogens is 394 g/mol. The number of esters is 1. The third-order valence-corrected chi connectivity index (χ3v) is 5.65. The predicted molar refractivity (Wildman–Crippen MR) is 111 cm³/mol. The van der Waals surface area contributed by atoms with Gasteiger partial charge in [-0.25, -0.2) is 9.78 Å². The van der Waals surface area contributed by atoms with Crippen LogP contribution in [-0.2, 0) is 11.8 Å². The molecule has 1 fully saturated rings. The first-order valence-electron chi connectivity index (χ1n) is 9.50. The second-order valence-corrected chi connectivity index (χ2v) is 7.72. The molecule has 3 aromatic heterocycles. The molecule has 0 aliphatic heterocycles. The lowest BCUT2D eigenvalue weighted by Crippen LogP contribution is -2.25. The van der Waals surface area contributed by atoms with Crippen LogP contribution >= 0.6 is 11.6 Å². The minimum atomic E-state index is -0.430. The number of carbonyl (C=O) groups is 1. The van der Waals surface area contributed by atoms with Gasteiger partial charge in [0, 0.05) is 24.7 Å². The van der Waals surface area contributed by atoms with Gasteiger partial charge >= 0.3 is 5.97 Å². The largest absolute Gasteiger partial charge is 0.464 e. The van der Waals surface area contributed by atoms with E-state index in [9.17, 15) is 9.59 Å². The minimum Gasteiger partial charge on any atom is -0.464 e. The molecular formula is C20H22ClN5O3. The van der Waals surface area contributed by atoms with Gasteiger partial charge in [-0.15, -0.1) is 0 Å². The Hall–Kier alpha value is -2.87. The van der Waals surface area contributed by atoms with Gasteiger partial charge < -0.3 is 14.6 Å². The second kappa shape index (κ2) is 7.51. The van der Waals surface area contributed by atoms with Crippen molar-refractivity contribution < 1.29 is 9.53 Å². The van der Waals surface area contributed by atoms with Crippen molar-refractivity contribution >= 4 is 40.2 Å². The van der Waals surface area contributed by atoms with Crippen molar-refractivity contribution in [3.8, 4) is 0 Å². The average molecular weight is 416 g/mol. The van der Waals surface area contributed by atoms with E-state index < -0.39 is 5.97 Å². The standard InChI is InChI=1S/C20H22ClN5O3/c1-11-14-9-15(21)18(27)26(13-6-4-5-7-13)17(14)24-20(22-11)23-12-8-16(19(28)29-3)25(2)10-12/h8-10,13H,4-7H2,1-3H3,(H,22,23,24). The van der Waals surface area contributed by atoms with Crippen molar-refractivity contribution in [2.75, 3.05) is 12.4 Å². The van der Waals surface area contributed by atoms with Crippen LogP contribution in [0.25, 0.3) is 11.0 Å². The van der Waals surface area contributed by atoms with Crippen LogP contribution in [0.5, 0.6) is 0 Å². The van der Waals surface area contributed by atoms with E-state index >= 15 is 0 Å². The molecule has 0 amide bonds. The number of nitrogens with zero attached hydrogens (tertiary/aromatic N) is 4. The normalized spacial score (nSPS) is 14.5. The van der Waals surface area contributed by atoms with Gasteiger partial charge in [0.2, 0.25) is 5.95 Å². The number of hydrogen-bond acceptors (Lipinski definition) is 6. The fraction of sp³-hybridized carbons (Fsp3) is 0.400. The zero-order chi connectivity index (χ0) is 20.7. The molecule has 0 bridgehead atoms. The van der Waals surface area contributed by atoms with E-state index in [-0.39, 0.29) is 16.6 Å². The highest BCUT2D eigenvalue weighted by atomic mass is 35.5. The van der Waals surface area contributed by atoms with Gasteiger partial charge in [-0.3, -0.25) is 9.36 Å². The number of carbonyl (C=O) groups excluding carboxylic acids is 1. The smallest absolute Gasteiger partial charge is 0.354 e. The molecule has 0 saturated heterocycles. The Bertz CT molecular complexity index is 1160. The van der Waals surface area contributed by atoms with Crippen molar-refractivity contribution in [3.63, 3.8) is 0 Å². The predicted octanol–water partition coefficient (Wildman–Crippen LogP) is 3.74. The van der Waals surface area contributed by atoms with Crippen molar-refractivity contribution in [2.45, 2.75) is 38.6 Å². The number of methoxy groups -OCH3 is 1. The highest BCUT2D eigenvalue weighted by Gasteiger charge is 2.23. The summed E-state index contributed by atoms with van der Waals surface area (Å²) in [6.07, 6.45) is 5.78. The van der Waals surface area contributed by atoms with Gasteiger partial charge in [0.05, 0.1) is 18.5 Å². The molecule has 0 spiro atoms. The number of pyridine rings is 1. The zero-order valence-electron chi connectivity index (χ0n) is 16.5. The third-order valence-electron chi connectivity index (χ3n) is 5.38. The Morgan fingerprint density at radius 3 is 2.69 bits per heavy atom. The molecule has 1 aliphatic rings. The van der Waals surface area contributed by atoms with Gasteiger partial charge in [-0.1, -0.05) is 24.4 Å². The Labute approximate surface area is 172 Å². The van der Waals surface area contributed by atoms with Gasteiger partial charge in [0.25, 0.3) is 5.56 Å².